The summed E-state index contributed by atoms with van der Waals surface area (Å²) >= 11 is 0. The van der Waals surface area contributed by atoms with E-state index in [0.29, 0.717) is 23.1 Å². The van der Waals surface area contributed by atoms with E-state index in [9.17, 15) is 4.79 Å². The molecule has 4 aromatic rings. The van der Waals surface area contributed by atoms with E-state index in [0.717, 1.165) is 11.3 Å². The first-order valence-corrected chi connectivity index (χ1v) is 8.11. The number of para-hydroxylation sites is 1. The van der Waals surface area contributed by atoms with E-state index in [1.54, 1.807) is 31.2 Å². The maximum atomic E-state index is 12.3. The van der Waals surface area contributed by atoms with Gasteiger partial charge in [-0.1, -0.05) is 23.4 Å². The van der Waals surface area contributed by atoms with Gasteiger partial charge in [0.1, 0.15) is 0 Å². The van der Waals surface area contributed by atoms with E-state index in [-0.39, 0.29) is 6.61 Å². The van der Waals surface area contributed by atoms with Crippen molar-refractivity contribution < 1.29 is 14.1 Å². The Balaban J connectivity index is 1.44. The summed E-state index contributed by atoms with van der Waals surface area (Å²) in [5.74, 6) is 0.887. The van der Waals surface area contributed by atoms with Crippen molar-refractivity contribution in [3.63, 3.8) is 0 Å². The summed E-state index contributed by atoms with van der Waals surface area (Å²) in [4.78, 5) is 16.4. The molecule has 0 spiro atoms. The molecule has 0 aliphatic heterocycles. The van der Waals surface area contributed by atoms with Gasteiger partial charge in [-0.3, -0.25) is 0 Å². The van der Waals surface area contributed by atoms with Crippen molar-refractivity contribution in [1.82, 2.24) is 30.3 Å². The lowest BCUT2D eigenvalue weighted by molar-refractivity contribution is 0.0459. The van der Waals surface area contributed by atoms with Gasteiger partial charge < -0.3 is 9.26 Å². The Hall–Kier alpha value is -3.88. The quantitative estimate of drug-likeness (QED) is 0.498. The molecule has 2 aromatic heterocycles. The van der Waals surface area contributed by atoms with Gasteiger partial charge in [-0.2, -0.15) is 9.67 Å². The molecule has 4 rings (SSSR count). The molecule has 0 fully saturated rings. The number of esters is 1. The zero-order chi connectivity index (χ0) is 18.6. The molecule has 0 saturated heterocycles. The predicted molar refractivity (Wildman–Crippen MR) is 92.7 cm³/mol. The first-order valence-electron chi connectivity index (χ1n) is 8.11. The molecule has 9 nitrogen and oxygen atoms in total. The number of hydrogen-bond acceptors (Lipinski definition) is 8. The van der Waals surface area contributed by atoms with Crippen LogP contribution >= 0.6 is 0 Å². The number of carbonyl (C=O) groups is 1. The normalized spacial score (nSPS) is 10.7. The van der Waals surface area contributed by atoms with Crippen LogP contribution in [-0.4, -0.2) is 36.3 Å². The summed E-state index contributed by atoms with van der Waals surface area (Å²) < 4.78 is 12.0. The molecule has 27 heavy (non-hydrogen) atoms. The molecule has 0 N–H and O–H groups in total. The average Bonchev–Trinajstić information content (AvgIpc) is 3.36. The van der Waals surface area contributed by atoms with Crippen LogP contribution in [0.2, 0.25) is 0 Å². The predicted octanol–water partition coefficient (Wildman–Crippen LogP) is 2.38. The van der Waals surface area contributed by atoms with Gasteiger partial charge in [0.25, 0.3) is 5.89 Å². The smallest absolute Gasteiger partial charge is 0.338 e. The third kappa shape index (κ3) is 3.56. The summed E-state index contributed by atoms with van der Waals surface area (Å²) in [7, 11) is 0. The topological polar surface area (TPSA) is 109 Å². The van der Waals surface area contributed by atoms with Crippen molar-refractivity contribution in [2.75, 3.05) is 0 Å². The summed E-state index contributed by atoms with van der Waals surface area (Å²) in [6.07, 6.45) is 0. The highest BCUT2D eigenvalue weighted by molar-refractivity contribution is 5.89. The molecular weight excluding hydrogens is 348 g/mol. The number of aryl methyl sites for hydroxylation is 1. The van der Waals surface area contributed by atoms with Crippen LogP contribution in [0, 0.1) is 6.92 Å². The second-order valence-corrected chi connectivity index (χ2v) is 5.64. The maximum Gasteiger partial charge on any atom is 0.338 e. The molecule has 0 saturated carbocycles. The van der Waals surface area contributed by atoms with Crippen molar-refractivity contribution in [2.45, 2.75) is 13.5 Å². The Morgan fingerprint density at radius 1 is 1.11 bits per heavy atom. The number of carbonyl (C=O) groups excluding carboxylic acids is 1. The van der Waals surface area contributed by atoms with Crippen LogP contribution < -0.4 is 0 Å². The zero-order valence-electron chi connectivity index (χ0n) is 14.3. The number of ether oxygens (including phenoxy) is 1. The van der Waals surface area contributed by atoms with Crippen molar-refractivity contribution in [3.05, 3.63) is 71.8 Å². The second kappa shape index (κ2) is 7.16. The Labute approximate surface area is 153 Å². The third-order valence-electron chi connectivity index (χ3n) is 3.76. The Bertz CT molecular complexity index is 1060. The highest BCUT2D eigenvalue weighted by atomic mass is 16.5. The van der Waals surface area contributed by atoms with Crippen LogP contribution in [0.4, 0.5) is 0 Å². The molecule has 0 bridgehead atoms. The number of rotatable bonds is 5. The fourth-order valence-corrected chi connectivity index (χ4v) is 2.44. The Morgan fingerprint density at radius 2 is 1.89 bits per heavy atom. The fourth-order valence-electron chi connectivity index (χ4n) is 2.44. The number of hydrogen-bond donors (Lipinski definition) is 0. The Morgan fingerprint density at radius 3 is 2.59 bits per heavy atom. The third-order valence-corrected chi connectivity index (χ3v) is 3.76. The van der Waals surface area contributed by atoms with Crippen LogP contribution in [-0.2, 0) is 11.3 Å². The SMILES string of the molecule is Cc1noc(-c2ccc(C(=O)OCc3nnnn3-c3ccccc3)cc2)n1. The standard InChI is InChI=1S/C18H14N6O3/c1-12-19-17(27-21-12)13-7-9-14(10-8-13)18(25)26-11-16-20-22-23-24(16)15-5-3-2-4-6-15/h2-10H,11H2,1H3. The van der Waals surface area contributed by atoms with Crippen molar-refractivity contribution >= 4 is 5.97 Å². The lowest BCUT2D eigenvalue weighted by atomic mass is 10.1. The van der Waals surface area contributed by atoms with Crippen molar-refractivity contribution in [1.29, 1.82) is 0 Å². The van der Waals surface area contributed by atoms with Gasteiger partial charge in [0, 0.05) is 5.56 Å². The highest BCUT2D eigenvalue weighted by Crippen LogP contribution is 2.18. The summed E-state index contributed by atoms with van der Waals surface area (Å²) in [6, 6.07) is 16.1. The van der Waals surface area contributed by atoms with E-state index in [1.165, 1.54) is 4.68 Å². The lowest BCUT2D eigenvalue weighted by Crippen LogP contribution is -2.10. The highest BCUT2D eigenvalue weighted by Gasteiger charge is 2.14. The van der Waals surface area contributed by atoms with Crippen LogP contribution in [0.5, 0.6) is 0 Å². The number of aromatic nitrogens is 6. The van der Waals surface area contributed by atoms with Crippen molar-refractivity contribution in [2.24, 2.45) is 0 Å². The largest absolute Gasteiger partial charge is 0.454 e. The number of nitrogens with zero attached hydrogens (tertiary/aromatic N) is 6. The lowest BCUT2D eigenvalue weighted by Gasteiger charge is -2.06. The van der Waals surface area contributed by atoms with Gasteiger partial charge in [-0.25, -0.2) is 4.79 Å². The minimum atomic E-state index is -0.481. The van der Waals surface area contributed by atoms with Gasteiger partial charge in [-0.15, -0.1) is 5.10 Å². The van der Waals surface area contributed by atoms with E-state index in [4.69, 9.17) is 9.26 Å². The molecule has 0 aliphatic rings. The molecule has 2 aromatic carbocycles. The van der Waals surface area contributed by atoms with Crippen molar-refractivity contribution in [3.8, 4) is 17.1 Å². The van der Waals surface area contributed by atoms with Crippen LogP contribution in [0.3, 0.4) is 0 Å². The average molecular weight is 362 g/mol. The molecule has 0 unspecified atom stereocenters. The maximum absolute atomic E-state index is 12.3. The van der Waals surface area contributed by atoms with E-state index >= 15 is 0 Å². The molecule has 2 heterocycles. The first-order chi connectivity index (χ1) is 13.2. The van der Waals surface area contributed by atoms with Gasteiger partial charge in [0.2, 0.25) is 0 Å². The molecule has 134 valence electrons. The van der Waals surface area contributed by atoms with Gasteiger partial charge >= 0.3 is 5.97 Å². The minimum Gasteiger partial charge on any atom is -0.454 e. The Kier molecular flexibility index (Phi) is 4.40. The summed E-state index contributed by atoms with van der Waals surface area (Å²) in [5, 5.41) is 15.2. The monoisotopic (exact) mass is 362 g/mol. The van der Waals surface area contributed by atoms with Crippen LogP contribution in [0.15, 0.2) is 59.1 Å². The van der Waals surface area contributed by atoms with E-state index < -0.39 is 5.97 Å². The molecule has 0 atom stereocenters. The molecule has 9 heteroatoms. The van der Waals surface area contributed by atoms with Gasteiger partial charge in [0.05, 0.1) is 11.3 Å². The zero-order valence-corrected chi connectivity index (χ0v) is 14.3. The summed E-state index contributed by atoms with van der Waals surface area (Å²) in [5.41, 5.74) is 1.90. The second-order valence-electron chi connectivity index (χ2n) is 5.64. The molecule has 0 radical (unpaired) electrons. The number of tetrazole rings is 1. The summed E-state index contributed by atoms with van der Waals surface area (Å²) in [6.45, 7) is 1.69. The molecular formula is C18H14N6O3. The van der Waals surface area contributed by atoms with Gasteiger partial charge in [-0.05, 0) is 53.7 Å². The minimum absolute atomic E-state index is 0.0503. The fraction of sp³-hybridized carbons (Fsp3) is 0.111. The van der Waals surface area contributed by atoms with E-state index in [2.05, 4.69) is 25.7 Å². The molecule has 0 aliphatic carbocycles. The first kappa shape index (κ1) is 16.6. The van der Waals surface area contributed by atoms with Gasteiger partial charge in [0.15, 0.2) is 18.3 Å². The van der Waals surface area contributed by atoms with E-state index in [1.807, 2.05) is 30.3 Å². The molecule has 0 amide bonds. The van der Waals surface area contributed by atoms with Crippen LogP contribution in [0.1, 0.15) is 22.0 Å². The number of benzene rings is 2. The van der Waals surface area contributed by atoms with Crippen LogP contribution in [0.25, 0.3) is 17.1 Å².